The molecule has 16 heteroatoms. The average molecular weight is 1190 g/mol. The van der Waals surface area contributed by atoms with Crippen molar-refractivity contribution in [2.75, 3.05) is 71.1 Å². The van der Waals surface area contributed by atoms with Crippen LogP contribution in [0.1, 0.15) is 57.0 Å². The van der Waals surface area contributed by atoms with Crippen molar-refractivity contribution in [3.05, 3.63) is 265 Å². The number of para-hydroxylation sites is 5. The number of amides is 1. The monoisotopic (exact) mass is 1190 g/mol. The zero-order valence-electron chi connectivity index (χ0n) is 50.4. The van der Waals surface area contributed by atoms with E-state index in [1.54, 1.807) is 75.4 Å². The van der Waals surface area contributed by atoms with E-state index in [1.807, 2.05) is 89.3 Å². The molecule has 0 atom stereocenters. The van der Waals surface area contributed by atoms with E-state index in [1.165, 1.54) is 65.8 Å². The number of hydrogen-bond donors (Lipinski definition) is 8. The Hall–Kier alpha value is -8.85. The Kier molecular flexibility index (Phi) is 33.8. The van der Waals surface area contributed by atoms with Gasteiger partial charge in [-0.1, -0.05) is 114 Å². The number of benzene rings is 9. The van der Waals surface area contributed by atoms with Gasteiger partial charge >= 0.3 is 0 Å². The molecule has 0 saturated heterocycles. The highest BCUT2D eigenvalue weighted by molar-refractivity contribution is 6.33. The van der Waals surface area contributed by atoms with Crippen LogP contribution in [0.4, 0.5) is 68.7 Å². The quantitative estimate of drug-likeness (QED) is 0.0626. The summed E-state index contributed by atoms with van der Waals surface area (Å²) in [4.78, 5) is 12.8. The number of nitrogen functional groups attached to an aromatic ring is 6. The highest BCUT2D eigenvalue weighted by atomic mass is 35.5. The Morgan fingerprint density at radius 3 is 1.25 bits per heavy atom. The molecule has 0 heterocycles. The van der Waals surface area contributed by atoms with Gasteiger partial charge in [0.05, 0.1) is 16.4 Å². The minimum atomic E-state index is -0.338. The molecule has 9 rings (SSSR count). The number of nitrogens with zero attached hydrogens (tertiary/aromatic N) is 1. The standard InChI is InChI=1S/C9H11NO.C9H13N.C8H11N.2C7H8ClN.4C7H8FN/c1-7-5-3-4-6-9(7)10-8(2)11;1-8-6-4-5-7-9(8)10(2)3;1-7-5-3-4-6-8(7)9-2;1-5-4-6(8)2-3-7(5)9;1-5-3-2-4-6(8)7(5)9;1-5-4-6(8)2-3-7(5)9;1-5-2-3-6(8)4-7(5)9;1-5-6(8)3-2-4-7(5)9;1-5-3-2-4-6(8)7(5)9/h3-6H,1-2H3,(H,10,11);4-7H,1-3H3;3-6,9H,1-2H3;6*2-4H,9H2,1H3. The van der Waals surface area contributed by atoms with Crippen LogP contribution in [0.5, 0.6) is 0 Å². The van der Waals surface area contributed by atoms with Gasteiger partial charge in [0.1, 0.15) is 23.3 Å². The van der Waals surface area contributed by atoms with Crippen LogP contribution < -0.4 is 49.9 Å². The molecular weight excluding hydrogens is 1110 g/mol. The lowest BCUT2D eigenvalue weighted by Crippen LogP contribution is -2.09. The summed E-state index contributed by atoms with van der Waals surface area (Å²) in [5, 5.41) is 7.20. The second-order valence-corrected chi connectivity index (χ2v) is 20.0. The second-order valence-electron chi connectivity index (χ2n) is 19.1. The Bertz CT molecular complexity index is 3140. The summed E-state index contributed by atoms with van der Waals surface area (Å²) in [5.74, 6) is -1.12. The molecule has 10 nitrogen and oxygen atoms in total. The maximum Gasteiger partial charge on any atom is 0.221 e. The van der Waals surface area contributed by atoms with Crippen molar-refractivity contribution in [1.29, 1.82) is 0 Å². The first kappa shape index (κ1) is 73.2. The summed E-state index contributed by atoms with van der Waals surface area (Å²) in [5.41, 5.74) is 48.1. The molecule has 0 fully saturated rings. The third-order valence-electron chi connectivity index (χ3n) is 12.0. The van der Waals surface area contributed by atoms with Crippen molar-refractivity contribution in [1.82, 2.24) is 0 Å². The van der Waals surface area contributed by atoms with Crippen LogP contribution in [-0.4, -0.2) is 27.1 Å². The summed E-state index contributed by atoms with van der Waals surface area (Å²) in [7, 11) is 6.05. The number of rotatable bonds is 3. The van der Waals surface area contributed by atoms with Crippen LogP contribution in [0.2, 0.25) is 10.0 Å². The van der Waals surface area contributed by atoms with Crippen LogP contribution in [0.15, 0.2) is 182 Å². The zero-order valence-corrected chi connectivity index (χ0v) is 51.9. The molecule has 0 radical (unpaired) electrons. The van der Waals surface area contributed by atoms with E-state index in [-0.39, 0.29) is 34.9 Å². The van der Waals surface area contributed by atoms with Crippen molar-refractivity contribution in [3.8, 4) is 0 Å². The first-order chi connectivity index (χ1) is 39.5. The van der Waals surface area contributed by atoms with E-state index in [9.17, 15) is 22.4 Å². The minimum absolute atomic E-state index is 0.0284. The van der Waals surface area contributed by atoms with Gasteiger partial charge < -0.3 is 49.9 Å². The Labute approximate surface area is 505 Å². The second kappa shape index (κ2) is 38.8. The Morgan fingerprint density at radius 1 is 0.417 bits per heavy atom. The number of anilines is 9. The van der Waals surface area contributed by atoms with E-state index < -0.39 is 0 Å². The fourth-order valence-corrected chi connectivity index (χ4v) is 7.07. The number of nitrogens with two attached hydrogens (primary N) is 6. The Balaban J connectivity index is 0.000000473. The number of nitrogens with one attached hydrogen (secondary N) is 2. The van der Waals surface area contributed by atoms with Gasteiger partial charge in [-0.25, -0.2) is 17.6 Å². The highest BCUT2D eigenvalue weighted by Gasteiger charge is 2.01. The van der Waals surface area contributed by atoms with E-state index in [0.717, 1.165) is 49.8 Å². The Morgan fingerprint density at radius 2 is 0.869 bits per heavy atom. The summed E-state index contributed by atoms with van der Waals surface area (Å²) in [6.07, 6.45) is 0. The van der Waals surface area contributed by atoms with Crippen molar-refractivity contribution >= 4 is 80.3 Å². The lowest BCUT2D eigenvalue weighted by atomic mass is 10.2. The predicted octanol–water partition coefficient (Wildman–Crippen LogP) is 17.4. The topological polar surface area (TPSA) is 200 Å². The molecule has 1 amide bonds. The average Bonchev–Trinajstić information content (AvgIpc) is 3.45. The van der Waals surface area contributed by atoms with E-state index in [4.69, 9.17) is 57.6 Å². The predicted molar refractivity (Wildman–Crippen MR) is 355 cm³/mol. The van der Waals surface area contributed by atoms with Crippen molar-refractivity contribution < 1.29 is 22.4 Å². The molecule has 9 aromatic rings. The number of carbonyl (C=O) groups is 1. The van der Waals surface area contributed by atoms with Crippen LogP contribution in [0, 0.1) is 85.6 Å². The maximum absolute atomic E-state index is 12.5. The van der Waals surface area contributed by atoms with Crippen LogP contribution >= 0.6 is 23.2 Å². The first-order valence-corrected chi connectivity index (χ1v) is 27.1. The number of aryl methyl sites for hydroxylation is 8. The minimum Gasteiger partial charge on any atom is -0.399 e. The van der Waals surface area contributed by atoms with Gasteiger partial charge in [-0.3, -0.25) is 4.79 Å². The normalized spacial score (nSPS) is 9.46. The van der Waals surface area contributed by atoms with Gasteiger partial charge in [-0.15, -0.1) is 0 Å². The molecule has 9 aromatic carbocycles. The van der Waals surface area contributed by atoms with E-state index >= 15 is 0 Å². The zero-order chi connectivity index (χ0) is 63.6. The first-order valence-electron chi connectivity index (χ1n) is 26.4. The smallest absolute Gasteiger partial charge is 0.221 e. The number of hydrogen-bond acceptors (Lipinski definition) is 9. The molecule has 0 spiro atoms. The molecule has 0 saturated carbocycles. The maximum atomic E-state index is 12.5. The van der Waals surface area contributed by atoms with Gasteiger partial charge in [0, 0.05) is 78.5 Å². The van der Waals surface area contributed by atoms with Gasteiger partial charge in [0.15, 0.2) is 0 Å². The van der Waals surface area contributed by atoms with Gasteiger partial charge in [-0.2, -0.15) is 0 Å². The lowest BCUT2D eigenvalue weighted by Gasteiger charge is -2.14. The van der Waals surface area contributed by atoms with Gasteiger partial charge in [0.25, 0.3) is 0 Å². The molecule has 0 aliphatic rings. The van der Waals surface area contributed by atoms with Crippen molar-refractivity contribution in [2.45, 2.75) is 69.2 Å². The van der Waals surface area contributed by atoms with Crippen molar-refractivity contribution in [2.24, 2.45) is 0 Å². The fourth-order valence-electron chi connectivity index (χ4n) is 6.62. The van der Waals surface area contributed by atoms with Crippen LogP contribution in [-0.2, 0) is 4.79 Å². The van der Waals surface area contributed by atoms with Gasteiger partial charge in [-0.05, 0) is 198 Å². The molecule has 448 valence electrons. The highest BCUT2D eigenvalue weighted by Crippen LogP contribution is 2.22. The van der Waals surface area contributed by atoms with Gasteiger partial charge in [0.2, 0.25) is 5.91 Å². The molecule has 0 bridgehead atoms. The van der Waals surface area contributed by atoms with E-state index in [2.05, 4.69) is 79.9 Å². The lowest BCUT2D eigenvalue weighted by molar-refractivity contribution is -0.114. The molecule has 14 N–H and O–H groups in total. The third-order valence-corrected chi connectivity index (χ3v) is 12.6. The fraction of sp³-hybridized carbons (Fsp3) is 0.191. The summed E-state index contributed by atoms with van der Waals surface area (Å²) in [6, 6.07) is 53.4. The summed E-state index contributed by atoms with van der Waals surface area (Å²) in [6.45, 7) is 18.6. The molecule has 84 heavy (non-hydrogen) atoms. The largest absolute Gasteiger partial charge is 0.399 e. The number of carbonyl (C=O) groups excluding carboxylic acids is 1. The SMILES string of the molecule is CC(=O)Nc1ccccc1C.CNc1ccccc1C.Cc1c(N)cccc1F.Cc1cc(Cl)ccc1N.Cc1cc(F)ccc1N.Cc1ccc(F)cc1N.Cc1cccc(Cl)c1N.Cc1cccc(F)c1N.Cc1ccccc1N(C)C. The molecule has 0 aliphatic heterocycles. The third kappa shape index (κ3) is 28.7. The van der Waals surface area contributed by atoms with E-state index in [0.29, 0.717) is 33.3 Å². The molecule has 0 aromatic heterocycles. The van der Waals surface area contributed by atoms with Crippen LogP contribution in [0.3, 0.4) is 0 Å². The molecule has 0 unspecified atom stereocenters. The number of halogens is 6. The van der Waals surface area contributed by atoms with Crippen molar-refractivity contribution in [3.63, 3.8) is 0 Å². The molecular formula is C68H83Cl2F4N9O. The summed E-state index contributed by atoms with van der Waals surface area (Å²) < 4.78 is 49.5. The molecule has 0 aliphatic carbocycles. The summed E-state index contributed by atoms with van der Waals surface area (Å²) >= 11 is 11.4. The van der Waals surface area contributed by atoms with Crippen LogP contribution in [0.25, 0.3) is 0 Å².